The summed E-state index contributed by atoms with van der Waals surface area (Å²) in [4.78, 5) is 26.7. The minimum absolute atomic E-state index is 0.0536. The Morgan fingerprint density at radius 3 is 1.92 bits per heavy atom. The quantitative estimate of drug-likeness (QED) is 0.765. The summed E-state index contributed by atoms with van der Waals surface area (Å²) in [6.07, 6.45) is 3.42. The van der Waals surface area contributed by atoms with Crippen LogP contribution in [-0.2, 0) is 19.1 Å². The molecule has 134 valence electrons. The number of hydrogen-bond donors (Lipinski definition) is 0. The van der Waals surface area contributed by atoms with Crippen molar-refractivity contribution in [2.75, 3.05) is 21.3 Å². The van der Waals surface area contributed by atoms with Gasteiger partial charge in [0.05, 0.1) is 38.4 Å². The van der Waals surface area contributed by atoms with Gasteiger partial charge >= 0.3 is 11.9 Å². The van der Waals surface area contributed by atoms with Crippen LogP contribution in [0, 0.1) is 0 Å². The SMILES string of the molecule is COC(=O)C1=CN(C(C)C)C=C(C(=O)OC)C1c1ccccc1OC. The molecule has 6 nitrogen and oxygen atoms in total. The third-order valence-electron chi connectivity index (χ3n) is 4.09. The zero-order valence-electron chi connectivity index (χ0n) is 15.1. The third kappa shape index (κ3) is 3.68. The molecule has 1 aliphatic heterocycles. The Morgan fingerprint density at radius 1 is 0.960 bits per heavy atom. The number of esters is 2. The molecular weight excluding hydrogens is 322 g/mol. The van der Waals surface area contributed by atoms with E-state index in [4.69, 9.17) is 14.2 Å². The van der Waals surface area contributed by atoms with E-state index in [1.54, 1.807) is 30.5 Å². The lowest BCUT2D eigenvalue weighted by Crippen LogP contribution is -2.31. The van der Waals surface area contributed by atoms with E-state index >= 15 is 0 Å². The number of carbonyl (C=O) groups excluding carboxylic acids is 2. The second-order valence-corrected chi connectivity index (χ2v) is 5.87. The molecule has 0 unspecified atom stereocenters. The highest BCUT2D eigenvalue weighted by atomic mass is 16.5. The first-order valence-electron chi connectivity index (χ1n) is 7.95. The van der Waals surface area contributed by atoms with Gasteiger partial charge < -0.3 is 19.1 Å². The largest absolute Gasteiger partial charge is 0.496 e. The van der Waals surface area contributed by atoms with E-state index in [9.17, 15) is 9.59 Å². The number of rotatable bonds is 5. The van der Waals surface area contributed by atoms with Crippen molar-refractivity contribution in [1.82, 2.24) is 4.90 Å². The lowest BCUT2D eigenvalue weighted by Gasteiger charge is -2.32. The van der Waals surface area contributed by atoms with Gasteiger partial charge in [-0.05, 0) is 19.9 Å². The number of methoxy groups -OCH3 is 3. The Bertz CT molecular complexity index is 686. The molecule has 0 amide bonds. The average molecular weight is 345 g/mol. The van der Waals surface area contributed by atoms with Gasteiger partial charge in [-0.3, -0.25) is 0 Å². The van der Waals surface area contributed by atoms with Crippen LogP contribution < -0.4 is 4.74 Å². The van der Waals surface area contributed by atoms with Gasteiger partial charge in [0.2, 0.25) is 0 Å². The second kappa shape index (κ2) is 7.88. The molecule has 0 aromatic heterocycles. The number of para-hydroxylation sites is 1. The van der Waals surface area contributed by atoms with Crippen LogP contribution in [0.2, 0.25) is 0 Å². The number of nitrogens with zero attached hydrogens (tertiary/aromatic N) is 1. The van der Waals surface area contributed by atoms with Crippen molar-refractivity contribution in [3.63, 3.8) is 0 Å². The fourth-order valence-corrected chi connectivity index (χ4v) is 2.79. The minimum Gasteiger partial charge on any atom is -0.496 e. The maximum atomic E-state index is 12.4. The van der Waals surface area contributed by atoms with E-state index in [0.717, 1.165) is 0 Å². The van der Waals surface area contributed by atoms with Crippen molar-refractivity contribution in [2.24, 2.45) is 0 Å². The van der Waals surface area contributed by atoms with Crippen LogP contribution in [0.4, 0.5) is 0 Å². The summed E-state index contributed by atoms with van der Waals surface area (Å²) in [5.41, 5.74) is 1.40. The minimum atomic E-state index is -0.633. The molecule has 0 saturated carbocycles. The summed E-state index contributed by atoms with van der Waals surface area (Å²) >= 11 is 0. The van der Waals surface area contributed by atoms with E-state index < -0.39 is 17.9 Å². The van der Waals surface area contributed by atoms with Crippen molar-refractivity contribution in [1.29, 1.82) is 0 Å². The van der Waals surface area contributed by atoms with E-state index in [0.29, 0.717) is 22.5 Å². The van der Waals surface area contributed by atoms with Gasteiger partial charge in [-0.25, -0.2) is 9.59 Å². The summed E-state index contributed by atoms with van der Waals surface area (Å²) < 4.78 is 15.3. The highest BCUT2D eigenvalue weighted by Crippen LogP contribution is 2.41. The highest BCUT2D eigenvalue weighted by molar-refractivity contribution is 5.98. The van der Waals surface area contributed by atoms with E-state index in [-0.39, 0.29) is 6.04 Å². The molecule has 0 bridgehead atoms. The van der Waals surface area contributed by atoms with Crippen LogP contribution in [0.15, 0.2) is 47.8 Å². The molecule has 0 fully saturated rings. The number of hydrogen-bond acceptors (Lipinski definition) is 6. The molecule has 2 rings (SSSR count). The first-order valence-corrected chi connectivity index (χ1v) is 7.95. The van der Waals surface area contributed by atoms with Crippen LogP contribution in [0.25, 0.3) is 0 Å². The molecule has 6 heteroatoms. The molecule has 0 N–H and O–H groups in total. The maximum absolute atomic E-state index is 12.4. The highest BCUT2D eigenvalue weighted by Gasteiger charge is 2.37. The Labute approximate surface area is 147 Å². The van der Waals surface area contributed by atoms with Crippen LogP contribution in [0.5, 0.6) is 5.75 Å². The Hall–Kier alpha value is -2.76. The topological polar surface area (TPSA) is 65.1 Å². The molecule has 1 aromatic carbocycles. The number of ether oxygens (including phenoxy) is 3. The average Bonchev–Trinajstić information content (AvgIpc) is 2.65. The van der Waals surface area contributed by atoms with Gasteiger partial charge in [-0.2, -0.15) is 0 Å². The summed E-state index contributed by atoms with van der Waals surface area (Å²) in [7, 11) is 4.18. The first-order chi connectivity index (χ1) is 11.9. The second-order valence-electron chi connectivity index (χ2n) is 5.87. The number of benzene rings is 1. The molecule has 0 aliphatic carbocycles. The molecule has 0 atom stereocenters. The Balaban J connectivity index is 2.68. The standard InChI is InChI=1S/C19H23NO5/c1-12(2)20-10-14(18(21)24-4)17(15(11-20)19(22)25-5)13-8-6-7-9-16(13)23-3/h6-12,17H,1-5H3. The maximum Gasteiger partial charge on any atom is 0.336 e. The van der Waals surface area contributed by atoms with E-state index in [1.165, 1.54) is 14.2 Å². The molecule has 0 saturated heterocycles. The summed E-state index contributed by atoms with van der Waals surface area (Å²) in [6.45, 7) is 3.92. The summed E-state index contributed by atoms with van der Waals surface area (Å²) in [5, 5.41) is 0. The zero-order valence-corrected chi connectivity index (χ0v) is 15.1. The van der Waals surface area contributed by atoms with Crippen LogP contribution in [-0.4, -0.2) is 44.2 Å². The monoisotopic (exact) mass is 345 g/mol. The van der Waals surface area contributed by atoms with Gasteiger partial charge in [-0.1, -0.05) is 18.2 Å². The molecular formula is C19H23NO5. The Morgan fingerprint density at radius 2 is 1.48 bits per heavy atom. The molecule has 1 heterocycles. The van der Waals surface area contributed by atoms with Crippen molar-refractivity contribution in [3.8, 4) is 5.75 Å². The Kier molecular flexibility index (Phi) is 5.85. The van der Waals surface area contributed by atoms with Crippen LogP contribution in [0.1, 0.15) is 25.3 Å². The van der Waals surface area contributed by atoms with Gasteiger partial charge in [0.15, 0.2) is 0 Å². The van der Waals surface area contributed by atoms with Gasteiger partial charge in [0.1, 0.15) is 5.75 Å². The van der Waals surface area contributed by atoms with Crippen molar-refractivity contribution < 1.29 is 23.8 Å². The molecule has 25 heavy (non-hydrogen) atoms. The molecule has 0 radical (unpaired) electrons. The van der Waals surface area contributed by atoms with Crippen LogP contribution >= 0.6 is 0 Å². The lowest BCUT2D eigenvalue weighted by molar-refractivity contribution is -0.137. The molecule has 1 aliphatic rings. The van der Waals surface area contributed by atoms with E-state index in [2.05, 4.69) is 0 Å². The number of carbonyl (C=O) groups is 2. The normalized spacial score (nSPS) is 14.7. The lowest BCUT2D eigenvalue weighted by atomic mass is 9.82. The fraction of sp³-hybridized carbons (Fsp3) is 0.368. The van der Waals surface area contributed by atoms with Crippen molar-refractivity contribution in [2.45, 2.75) is 25.8 Å². The predicted molar refractivity (Wildman–Crippen MR) is 92.9 cm³/mol. The summed E-state index contributed by atoms with van der Waals surface area (Å²) in [5.74, 6) is -1.06. The summed E-state index contributed by atoms with van der Waals surface area (Å²) in [6, 6.07) is 7.32. The zero-order chi connectivity index (χ0) is 18.6. The van der Waals surface area contributed by atoms with Crippen molar-refractivity contribution >= 4 is 11.9 Å². The van der Waals surface area contributed by atoms with Crippen LogP contribution in [0.3, 0.4) is 0 Å². The van der Waals surface area contributed by atoms with Crippen molar-refractivity contribution in [3.05, 3.63) is 53.4 Å². The predicted octanol–water partition coefficient (Wildman–Crippen LogP) is 2.62. The van der Waals surface area contributed by atoms with Gasteiger partial charge in [0, 0.05) is 24.0 Å². The molecule has 1 aromatic rings. The van der Waals surface area contributed by atoms with Gasteiger partial charge in [-0.15, -0.1) is 0 Å². The fourth-order valence-electron chi connectivity index (χ4n) is 2.79. The van der Waals surface area contributed by atoms with Gasteiger partial charge in [0.25, 0.3) is 0 Å². The van der Waals surface area contributed by atoms with E-state index in [1.807, 2.05) is 32.0 Å². The third-order valence-corrected chi connectivity index (χ3v) is 4.09. The smallest absolute Gasteiger partial charge is 0.336 e. The molecule has 0 spiro atoms. The first kappa shape index (κ1) is 18.6.